The molecular weight excluding hydrogens is 181 g/mol. The number of halogens is 1. The highest BCUT2D eigenvalue weighted by Gasteiger charge is 2.28. The van der Waals surface area contributed by atoms with E-state index < -0.39 is 0 Å². The third-order valence-corrected chi connectivity index (χ3v) is 2.80. The molecule has 0 bridgehead atoms. The molecule has 1 aromatic rings. The van der Waals surface area contributed by atoms with E-state index in [2.05, 4.69) is 5.32 Å². The van der Waals surface area contributed by atoms with Crippen molar-refractivity contribution in [3.05, 3.63) is 29.6 Å². The van der Waals surface area contributed by atoms with E-state index in [-0.39, 0.29) is 18.0 Å². The Hall–Kier alpha value is -1.09. The Morgan fingerprint density at radius 2 is 2.36 bits per heavy atom. The molecule has 1 aliphatic rings. The fourth-order valence-electron chi connectivity index (χ4n) is 1.81. The number of aliphatic hydroxyl groups excluding tert-OH is 1. The first-order chi connectivity index (χ1) is 6.63. The maximum atomic E-state index is 12.9. The third kappa shape index (κ3) is 1.60. The summed E-state index contributed by atoms with van der Waals surface area (Å²) >= 11 is 0. The molecule has 2 rings (SSSR count). The van der Waals surface area contributed by atoms with E-state index in [0.29, 0.717) is 0 Å². The zero-order valence-electron chi connectivity index (χ0n) is 8.18. The molecule has 0 aromatic heterocycles. The lowest BCUT2D eigenvalue weighted by Crippen LogP contribution is -2.42. The number of rotatable bonds is 1. The first-order valence-corrected chi connectivity index (χ1v) is 4.80. The molecule has 0 fully saturated rings. The number of nitrogens with one attached hydrogen (secondary N) is 1. The van der Waals surface area contributed by atoms with Crippen LogP contribution >= 0.6 is 0 Å². The summed E-state index contributed by atoms with van der Waals surface area (Å²) in [6.07, 6.45) is 1.65. The Kier molecular flexibility index (Phi) is 2.19. The highest BCUT2D eigenvalue weighted by atomic mass is 19.1. The molecule has 0 aliphatic carbocycles. The van der Waals surface area contributed by atoms with E-state index in [1.54, 1.807) is 12.1 Å². The summed E-state index contributed by atoms with van der Waals surface area (Å²) in [5, 5.41) is 12.4. The molecule has 3 heteroatoms. The highest BCUT2D eigenvalue weighted by molar-refractivity contribution is 5.55. The summed E-state index contributed by atoms with van der Waals surface area (Å²) in [6.45, 7) is 2.07. The first-order valence-electron chi connectivity index (χ1n) is 4.80. The van der Waals surface area contributed by atoms with Gasteiger partial charge in [0.15, 0.2) is 0 Å². The maximum absolute atomic E-state index is 12.9. The zero-order valence-corrected chi connectivity index (χ0v) is 8.18. The second-order valence-corrected chi connectivity index (χ2v) is 4.15. The SMILES string of the molecule is CC1(CO)CCc2cc(F)ccc2N1. The topological polar surface area (TPSA) is 32.3 Å². The first kappa shape index (κ1) is 9.46. The van der Waals surface area contributed by atoms with E-state index in [4.69, 9.17) is 0 Å². The van der Waals surface area contributed by atoms with Gasteiger partial charge in [0.05, 0.1) is 12.1 Å². The lowest BCUT2D eigenvalue weighted by atomic mass is 9.88. The molecule has 0 saturated carbocycles. The van der Waals surface area contributed by atoms with Crippen molar-refractivity contribution >= 4 is 5.69 Å². The molecule has 1 atom stereocenters. The lowest BCUT2D eigenvalue weighted by Gasteiger charge is -2.35. The number of fused-ring (bicyclic) bond motifs is 1. The van der Waals surface area contributed by atoms with Crippen LogP contribution < -0.4 is 5.32 Å². The van der Waals surface area contributed by atoms with E-state index in [1.807, 2.05) is 6.92 Å². The van der Waals surface area contributed by atoms with E-state index >= 15 is 0 Å². The van der Waals surface area contributed by atoms with Crippen molar-refractivity contribution in [3.8, 4) is 0 Å². The molecule has 1 aliphatic heterocycles. The van der Waals surface area contributed by atoms with Crippen molar-refractivity contribution in [2.75, 3.05) is 11.9 Å². The van der Waals surface area contributed by atoms with Crippen LogP contribution in [0.2, 0.25) is 0 Å². The summed E-state index contributed by atoms with van der Waals surface area (Å²) in [7, 11) is 0. The van der Waals surface area contributed by atoms with E-state index in [0.717, 1.165) is 24.1 Å². The summed E-state index contributed by atoms with van der Waals surface area (Å²) in [4.78, 5) is 0. The summed E-state index contributed by atoms with van der Waals surface area (Å²) in [6, 6.07) is 4.73. The molecule has 2 N–H and O–H groups in total. The van der Waals surface area contributed by atoms with Gasteiger partial charge < -0.3 is 10.4 Å². The molecular formula is C11H14FNO. The molecule has 1 unspecified atom stereocenters. The minimum atomic E-state index is -0.259. The Bertz CT molecular complexity index is 353. The molecule has 76 valence electrons. The number of hydrogen-bond acceptors (Lipinski definition) is 2. The van der Waals surface area contributed by atoms with Gasteiger partial charge in [-0.3, -0.25) is 0 Å². The van der Waals surface area contributed by atoms with Gasteiger partial charge in [-0.2, -0.15) is 0 Å². The van der Waals surface area contributed by atoms with E-state index in [9.17, 15) is 9.50 Å². The van der Waals surface area contributed by atoms with Crippen LogP contribution in [0.1, 0.15) is 18.9 Å². The molecule has 1 heterocycles. The lowest BCUT2D eigenvalue weighted by molar-refractivity contribution is 0.212. The fraction of sp³-hybridized carbons (Fsp3) is 0.455. The van der Waals surface area contributed by atoms with Crippen LogP contribution in [0.15, 0.2) is 18.2 Å². The highest BCUT2D eigenvalue weighted by Crippen LogP contribution is 2.30. The van der Waals surface area contributed by atoms with Crippen molar-refractivity contribution < 1.29 is 9.50 Å². The number of anilines is 1. The number of aliphatic hydroxyl groups is 1. The van der Waals surface area contributed by atoms with Gasteiger partial charge in [-0.05, 0) is 43.5 Å². The molecule has 0 spiro atoms. The second-order valence-electron chi connectivity index (χ2n) is 4.15. The normalized spacial score (nSPS) is 25.4. The Balaban J connectivity index is 2.31. The van der Waals surface area contributed by atoms with Crippen molar-refractivity contribution in [2.45, 2.75) is 25.3 Å². The molecule has 0 amide bonds. The van der Waals surface area contributed by atoms with Crippen molar-refractivity contribution in [1.29, 1.82) is 0 Å². The molecule has 0 saturated heterocycles. The number of hydrogen-bond donors (Lipinski definition) is 2. The van der Waals surface area contributed by atoms with Gasteiger partial charge in [0, 0.05) is 5.69 Å². The van der Waals surface area contributed by atoms with Crippen molar-refractivity contribution in [3.63, 3.8) is 0 Å². The maximum Gasteiger partial charge on any atom is 0.123 e. The van der Waals surface area contributed by atoms with Crippen LogP contribution in [-0.4, -0.2) is 17.3 Å². The Labute approximate surface area is 82.8 Å². The number of aryl methyl sites for hydroxylation is 1. The van der Waals surface area contributed by atoms with Gasteiger partial charge in [0.1, 0.15) is 5.82 Å². The third-order valence-electron chi connectivity index (χ3n) is 2.80. The second kappa shape index (κ2) is 3.24. The van der Waals surface area contributed by atoms with Crippen LogP contribution in [0, 0.1) is 5.82 Å². The van der Waals surface area contributed by atoms with Crippen molar-refractivity contribution in [1.82, 2.24) is 0 Å². The standard InChI is InChI=1S/C11H14FNO/c1-11(7-14)5-4-8-6-9(12)2-3-10(8)13-11/h2-3,6,13-14H,4-5,7H2,1H3. The van der Waals surface area contributed by atoms with Crippen LogP contribution in [0.3, 0.4) is 0 Å². The van der Waals surface area contributed by atoms with Crippen LogP contribution in [-0.2, 0) is 6.42 Å². The van der Waals surface area contributed by atoms with Gasteiger partial charge in [0.2, 0.25) is 0 Å². The summed E-state index contributed by atoms with van der Waals surface area (Å²) in [5.74, 6) is -0.196. The molecule has 2 nitrogen and oxygen atoms in total. The molecule has 1 aromatic carbocycles. The smallest absolute Gasteiger partial charge is 0.123 e. The van der Waals surface area contributed by atoms with Gasteiger partial charge in [0.25, 0.3) is 0 Å². The zero-order chi connectivity index (χ0) is 10.2. The minimum absolute atomic E-state index is 0.101. The minimum Gasteiger partial charge on any atom is -0.394 e. The fourth-order valence-corrected chi connectivity index (χ4v) is 1.81. The molecule has 14 heavy (non-hydrogen) atoms. The predicted octanol–water partition coefficient (Wildman–Crippen LogP) is 1.93. The average molecular weight is 195 g/mol. The van der Waals surface area contributed by atoms with E-state index in [1.165, 1.54) is 6.07 Å². The summed E-state index contributed by atoms with van der Waals surface area (Å²) < 4.78 is 12.9. The Morgan fingerprint density at radius 1 is 1.57 bits per heavy atom. The van der Waals surface area contributed by atoms with Gasteiger partial charge in [-0.1, -0.05) is 0 Å². The van der Waals surface area contributed by atoms with Crippen LogP contribution in [0.25, 0.3) is 0 Å². The van der Waals surface area contributed by atoms with Gasteiger partial charge in [-0.15, -0.1) is 0 Å². The predicted molar refractivity (Wildman–Crippen MR) is 53.8 cm³/mol. The van der Waals surface area contributed by atoms with Crippen LogP contribution in [0.4, 0.5) is 10.1 Å². The van der Waals surface area contributed by atoms with Crippen LogP contribution in [0.5, 0.6) is 0 Å². The molecule has 0 radical (unpaired) electrons. The van der Waals surface area contributed by atoms with Crippen molar-refractivity contribution in [2.24, 2.45) is 0 Å². The van der Waals surface area contributed by atoms with Gasteiger partial charge in [-0.25, -0.2) is 4.39 Å². The number of benzene rings is 1. The average Bonchev–Trinajstić information content (AvgIpc) is 2.19. The summed E-state index contributed by atoms with van der Waals surface area (Å²) in [5.41, 5.74) is 1.68. The largest absolute Gasteiger partial charge is 0.394 e. The monoisotopic (exact) mass is 195 g/mol. The Morgan fingerprint density at radius 3 is 3.07 bits per heavy atom. The van der Waals surface area contributed by atoms with Gasteiger partial charge >= 0.3 is 0 Å². The quantitative estimate of drug-likeness (QED) is 0.717.